The van der Waals surface area contributed by atoms with Gasteiger partial charge in [0.2, 0.25) is 0 Å². The number of fused-ring (bicyclic) bond motifs is 1. The molecule has 66 valence electrons. The van der Waals surface area contributed by atoms with Gasteiger partial charge in [0.1, 0.15) is 5.69 Å². The number of aryl methyl sites for hydroxylation is 1. The third-order valence-electron chi connectivity index (χ3n) is 2.16. The van der Waals surface area contributed by atoms with Crippen LogP contribution in [0.4, 0.5) is 0 Å². The Bertz CT molecular complexity index is 471. The van der Waals surface area contributed by atoms with Crippen LogP contribution in [-0.4, -0.2) is 10.3 Å². The van der Waals surface area contributed by atoms with Gasteiger partial charge < -0.3 is 10.1 Å². The van der Waals surface area contributed by atoms with Crippen LogP contribution < -0.4 is 5.73 Å². The molecule has 0 aliphatic heterocycles. The first kappa shape index (κ1) is 7.86. The second kappa shape index (κ2) is 2.62. The molecule has 2 N–H and O–H groups in total. The van der Waals surface area contributed by atoms with E-state index in [-0.39, 0.29) is 0 Å². The topological polar surface area (TPSA) is 47.5 Å². The predicted octanol–water partition coefficient (Wildman–Crippen LogP) is 1.35. The van der Waals surface area contributed by atoms with Gasteiger partial charge in [0.25, 0.3) is 5.91 Å². The summed E-state index contributed by atoms with van der Waals surface area (Å²) in [4.78, 5) is 11.0. The van der Waals surface area contributed by atoms with Crippen molar-refractivity contribution in [2.45, 2.75) is 6.92 Å². The molecule has 0 saturated heterocycles. The van der Waals surface area contributed by atoms with Crippen LogP contribution in [0, 0.1) is 6.92 Å². The number of carbonyl (C=O) groups excluding carboxylic acids is 1. The van der Waals surface area contributed by atoms with Gasteiger partial charge in [-0.3, -0.25) is 4.79 Å². The Hall–Kier alpha value is -1.77. The lowest BCUT2D eigenvalue weighted by Gasteiger charge is -2.01. The van der Waals surface area contributed by atoms with Crippen LogP contribution in [0.2, 0.25) is 0 Å². The molecule has 0 unspecified atom stereocenters. The molecule has 0 radical (unpaired) electrons. The van der Waals surface area contributed by atoms with E-state index in [0.29, 0.717) is 5.69 Å². The maximum absolute atomic E-state index is 11.0. The molecule has 3 nitrogen and oxygen atoms in total. The van der Waals surface area contributed by atoms with Gasteiger partial charge in [-0.05, 0) is 30.7 Å². The van der Waals surface area contributed by atoms with Gasteiger partial charge in [-0.1, -0.05) is 6.07 Å². The SMILES string of the molecule is Cc1ccn2c(C(N)=O)cccc12. The molecule has 3 heteroatoms. The zero-order chi connectivity index (χ0) is 9.42. The number of nitrogens with zero attached hydrogens (tertiary/aromatic N) is 1. The van der Waals surface area contributed by atoms with Crippen molar-refractivity contribution in [2.24, 2.45) is 5.73 Å². The van der Waals surface area contributed by atoms with Crippen molar-refractivity contribution in [3.05, 3.63) is 41.7 Å². The molecule has 0 aromatic carbocycles. The van der Waals surface area contributed by atoms with Crippen LogP contribution in [0.25, 0.3) is 5.52 Å². The Balaban J connectivity index is 2.84. The minimum absolute atomic E-state index is 0.402. The fourth-order valence-electron chi connectivity index (χ4n) is 1.48. The highest BCUT2D eigenvalue weighted by Crippen LogP contribution is 2.13. The van der Waals surface area contributed by atoms with E-state index in [4.69, 9.17) is 5.73 Å². The summed E-state index contributed by atoms with van der Waals surface area (Å²) in [6, 6.07) is 7.47. The summed E-state index contributed by atoms with van der Waals surface area (Å²) in [5.41, 5.74) is 7.91. The van der Waals surface area contributed by atoms with Gasteiger partial charge in [0.05, 0.1) is 0 Å². The fourth-order valence-corrected chi connectivity index (χ4v) is 1.48. The van der Waals surface area contributed by atoms with Crippen molar-refractivity contribution in [1.29, 1.82) is 0 Å². The molecular formula is C10H10N2O. The molecule has 2 aromatic heterocycles. The Labute approximate surface area is 75.8 Å². The minimum Gasteiger partial charge on any atom is -0.364 e. The third-order valence-corrected chi connectivity index (χ3v) is 2.16. The maximum atomic E-state index is 11.0. The van der Waals surface area contributed by atoms with E-state index >= 15 is 0 Å². The second-order valence-corrected chi connectivity index (χ2v) is 3.03. The van der Waals surface area contributed by atoms with E-state index in [0.717, 1.165) is 11.1 Å². The Kier molecular flexibility index (Phi) is 1.59. The first-order chi connectivity index (χ1) is 6.20. The monoisotopic (exact) mass is 174 g/mol. The maximum Gasteiger partial charge on any atom is 0.265 e. The van der Waals surface area contributed by atoms with Crippen molar-refractivity contribution in [1.82, 2.24) is 4.40 Å². The van der Waals surface area contributed by atoms with E-state index in [1.165, 1.54) is 0 Å². The smallest absolute Gasteiger partial charge is 0.265 e. The normalized spacial score (nSPS) is 10.5. The van der Waals surface area contributed by atoms with E-state index in [2.05, 4.69) is 0 Å². The quantitative estimate of drug-likeness (QED) is 0.696. The van der Waals surface area contributed by atoms with E-state index in [1.807, 2.05) is 31.3 Å². The van der Waals surface area contributed by atoms with Gasteiger partial charge in [0.15, 0.2) is 0 Å². The average molecular weight is 174 g/mol. The summed E-state index contributed by atoms with van der Waals surface area (Å²) >= 11 is 0. The molecule has 0 aliphatic rings. The number of amides is 1. The van der Waals surface area contributed by atoms with Gasteiger partial charge in [-0.2, -0.15) is 0 Å². The van der Waals surface area contributed by atoms with Crippen LogP contribution in [0.5, 0.6) is 0 Å². The Morgan fingerprint density at radius 2 is 2.15 bits per heavy atom. The third kappa shape index (κ3) is 1.09. The van der Waals surface area contributed by atoms with Crippen LogP contribution in [0.1, 0.15) is 16.1 Å². The molecule has 2 heterocycles. The first-order valence-corrected chi connectivity index (χ1v) is 4.06. The minimum atomic E-state index is -0.402. The number of primary amides is 1. The van der Waals surface area contributed by atoms with E-state index < -0.39 is 5.91 Å². The molecule has 0 spiro atoms. The highest BCUT2D eigenvalue weighted by molar-refractivity contribution is 5.92. The lowest BCUT2D eigenvalue weighted by Crippen LogP contribution is -2.14. The van der Waals surface area contributed by atoms with Crippen molar-refractivity contribution >= 4 is 11.4 Å². The van der Waals surface area contributed by atoms with Crippen LogP contribution in [-0.2, 0) is 0 Å². The van der Waals surface area contributed by atoms with Crippen LogP contribution in [0.15, 0.2) is 30.5 Å². The van der Waals surface area contributed by atoms with E-state index in [9.17, 15) is 4.79 Å². The van der Waals surface area contributed by atoms with Crippen molar-refractivity contribution in [3.63, 3.8) is 0 Å². The summed E-state index contributed by atoms with van der Waals surface area (Å²) in [5, 5.41) is 0. The largest absolute Gasteiger partial charge is 0.364 e. The van der Waals surface area contributed by atoms with Gasteiger partial charge >= 0.3 is 0 Å². The summed E-state index contributed by atoms with van der Waals surface area (Å²) in [6.07, 6.45) is 1.85. The first-order valence-electron chi connectivity index (χ1n) is 4.06. The molecule has 2 rings (SSSR count). The highest BCUT2D eigenvalue weighted by atomic mass is 16.1. The van der Waals surface area contributed by atoms with Crippen molar-refractivity contribution in [2.75, 3.05) is 0 Å². The van der Waals surface area contributed by atoms with Crippen molar-refractivity contribution in [3.8, 4) is 0 Å². The lowest BCUT2D eigenvalue weighted by molar-refractivity contribution is 0.0994. The number of aromatic nitrogens is 1. The molecule has 0 saturated carbocycles. The molecule has 1 amide bonds. The highest BCUT2D eigenvalue weighted by Gasteiger charge is 2.05. The molecule has 0 aliphatic carbocycles. The zero-order valence-electron chi connectivity index (χ0n) is 7.32. The zero-order valence-corrected chi connectivity index (χ0v) is 7.32. The van der Waals surface area contributed by atoms with Crippen LogP contribution in [0.3, 0.4) is 0 Å². The summed E-state index contributed by atoms with van der Waals surface area (Å²) < 4.78 is 1.80. The van der Waals surface area contributed by atoms with E-state index in [1.54, 1.807) is 10.5 Å². The van der Waals surface area contributed by atoms with Crippen molar-refractivity contribution < 1.29 is 4.79 Å². The second-order valence-electron chi connectivity index (χ2n) is 3.03. The van der Waals surface area contributed by atoms with Gasteiger partial charge in [-0.25, -0.2) is 0 Å². The molecule has 13 heavy (non-hydrogen) atoms. The Morgan fingerprint density at radius 3 is 2.85 bits per heavy atom. The molecule has 0 fully saturated rings. The predicted molar refractivity (Wildman–Crippen MR) is 50.7 cm³/mol. The molecule has 0 bridgehead atoms. The molecule has 0 atom stereocenters. The summed E-state index contributed by atoms with van der Waals surface area (Å²) in [7, 11) is 0. The number of hydrogen-bond donors (Lipinski definition) is 1. The summed E-state index contributed by atoms with van der Waals surface area (Å²) in [5.74, 6) is -0.402. The standard InChI is InChI=1S/C10H10N2O/c1-7-5-6-12-8(7)3-2-4-9(12)10(11)13/h2-6H,1H3,(H2,11,13). The summed E-state index contributed by atoms with van der Waals surface area (Å²) in [6.45, 7) is 2.00. The van der Waals surface area contributed by atoms with Crippen LogP contribution >= 0.6 is 0 Å². The number of hydrogen-bond acceptors (Lipinski definition) is 1. The van der Waals surface area contributed by atoms with Gasteiger partial charge in [0, 0.05) is 11.7 Å². The molecule has 2 aromatic rings. The number of nitrogens with two attached hydrogens (primary N) is 1. The number of carbonyl (C=O) groups is 1. The molecular weight excluding hydrogens is 164 g/mol. The number of rotatable bonds is 1. The average Bonchev–Trinajstić information content (AvgIpc) is 2.48. The number of pyridine rings is 1. The van der Waals surface area contributed by atoms with Gasteiger partial charge in [-0.15, -0.1) is 0 Å². The lowest BCUT2D eigenvalue weighted by atomic mass is 10.2. The Morgan fingerprint density at radius 1 is 1.38 bits per heavy atom. The fraction of sp³-hybridized carbons (Fsp3) is 0.100.